The smallest absolute Gasteiger partial charge is 0.200 e. The Morgan fingerprint density at radius 2 is 2.03 bits per heavy atom. The normalized spacial score (nSPS) is 44.0. The molecule has 5 aliphatic rings. The van der Waals surface area contributed by atoms with E-state index in [9.17, 15) is 25.2 Å². The number of benzene rings is 1. The minimum absolute atomic E-state index is 0. The number of rotatable bonds is 2. The van der Waals surface area contributed by atoms with Gasteiger partial charge in [0, 0.05) is 30.7 Å². The van der Waals surface area contributed by atoms with E-state index in [0.717, 1.165) is 24.9 Å². The molecule has 2 bridgehead atoms. The summed E-state index contributed by atoms with van der Waals surface area (Å²) in [5.41, 5.74) is -0.835. The lowest BCUT2D eigenvalue weighted by Gasteiger charge is -2.65. The highest BCUT2D eigenvalue weighted by molar-refractivity contribution is 5.90. The van der Waals surface area contributed by atoms with Crippen LogP contribution in [0.1, 0.15) is 43.2 Å². The molecule has 0 amide bonds. The van der Waals surface area contributed by atoms with Gasteiger partial charge in [-0.05, 0) is 30.9 Å². The van der Waals surface area contributed by atoms with Gasteiger partial charge in [0.2, 0.25) is 5.75 Å². The molecule has 1 aromatic rings. The quantitative estimate of drug-likeness (QED) is 0.335. The average molecular weight is 403 g/mol. The van der Waals surface area contributed by atoms with E-state index in [4.69, 9.17) is 4.74 Å². The maximum atomic E-state index is 12.8. The summed E-state index contributed by atoms with van der Waals surface area (Å²) in [4.78, 5) is 12.8. The second-order valence-corrected chi connectivity index (χ2v) is 9.84. The van der Waals surface area contributed by atoms with Crippen LogP contribution in [0.25, 0.3) is 0 Å². The maximum Gasteiger partial charge on any atom is 0.200 e. The number of aliphatic hydroxyl groups excluding tert-OH is 1. The van der Waals surface area contributed by atoms with Gasteiger partial charge in [0.05, 0.1) is 19.0 Å². The Balaban J connectivity index is 0.00000181. The molecule has 7 heteroatoms. The molecular weight excluding hydrogens is 374 g/mol. The van der Waals surface area contributed by atoms with Gasteiger partial charge >= 0.3 is 0 Å². The van der Waals surface area contributed by atoms with Gasteiger partial charge in [0.25, 0.3) is 0 Å². The van der Waals surface area contributed by atoms with Crippen LogP contribution < -0.4 is 4.74 Å². The lowest BCUT2D eigenvalue weighted by atomic mass is 9.48. The fourth-order valence-electron chi connectivity index (χ4n) is 6.99. The predicted molar refractivity (Wildman–Crippen MR) is 103 cm³/mol. The number of piperidine rings is 1. The lowest BCUT2D eigenvalue weighted by molar-refractivity contribution is -0.992. The second kappa shape index (κ2) is 5.45. The van der Waals surface area contributed by atoms with Gasteiger partial charge < -0.3 is 32.6 Å². The minimum Gasteiger partial charge on any atom is -0.504 e. The van der Waals surface area contributed by atoms with E-state index in [1.165, 1.54) is 0 Å². The van der Waals surface area contributed by atoms with Crippen LogP contribution in [0.4, 0.5) is 0 Å². The predicted octanol–water partition coefficient (Wildman–Crippen LogP) is 1.14. The van der Waals surface area contributed by atoms with Crippen molar-refractivity contribution in [2.24, 2.45) is 5.92 Å². The second-order valence-electron chi connectivity index (χ2n) is 9.84. The van der Waals surface area contributed by atoms with Gasteiger partial charge in [-0.15, -0.1) is 0 Å². The number of phenolic OH excluding ortho intramolecular Hbond substituents is 2. The molecule has 1 aromatic carbocycles. The summed E-state index contributed by atoms with van der Waals surface area (Å²) in [6, 6.07) is 1.25. The number of aromatic hydroxyl groups is 2. The van der Waals surface area contributed by atoms with Crippen molar-refractivity contribution in [3.05, 3.63) is 24.6 Å². The van der Waals surface area contributed by atoms with Crippen LogP contribution in [0.15, 0.2) is 6.07 Å². The van der Waals surface area contributed by atoms with Gasteiger partial charge in [0.15, 0.2) is 29.6 Å². The topological polar surface area (TPSA) is 107 Å². The van der Waals surface area contributed by atoms with Crippen molar-refractivity contribution in [3.8, 4) is 17.2 Å². The number of quaternary nitrogens is 1. The van der Waals surface area contributed by atoms with E-state index in [2.05, 4.69) is 0 Å². The number of nitrogens with zero attached hydrogens (tertiary/aromatic N) is 1. The third kappa shape index (κ3) is 1.97. The number of carbonyl (C=O) groups excluding carboxylic acids is 1. The van der Waals surface area contributed by atoms with Crippen LogP contribution in [0, 0.1) is 13.3 Å². The molecule has 1 saturated heterocycles. The van der Waals surface area contributed by atoms with E-state index in [1.807, 2.05) is 7.05 Å². The number of ether oxygens (including phenoxy) is 1. The zero-order valence-electron chi connectivity index (χ0n) is 16.9. The Labute approximate surface area is 170 Å². The Bertz CT molecular complexity index is 928. The number of hydrogen-bond donors (Lipinski definition) is 4. The van der Waals surface area contributed by atoms with Crippen LogP contribution in [-0.2, 0) is 16.6 Å². The Kier molecular flexibility index (Phi) is 3.60. The van der Waals surface area contributed by atoms with Crippen molar-refractivity contribution in [3.63, 3.8) is 0 Å². The molecular formula is C22H29NO6. The maximum absolute atomic E-state index is 12.8. The van der Waals surface area contributed by atoms with Gasteiger partial charge in [-0.2, -0.15) is 0 Å². The molecule has 6 rings (SSSR count). The van der Waals surface area contributed by atoms with Crippen molar-refractivity contribution in [1.82, 2.24) is 0 Å². The Morgan fingerprint density at radius 1 is 1.31 bits per heavy atom. The largest absolute Gasteiger partial charge is 0.504 e. The minimum atomic E-state index is -1.20. The summed E-state index contributed by atoms with van der Waals surface area (Å²) in [6.45, 7) is 0.802. The van der Waals surface area contributed by atoms with Crippen LogP contribution in [-0.4, -0.2) is 68.3 Å². The van der Waals surface area contributed by atoms with E-state index in [1.54, 1.807) is 6.07 Å². The zero-order chi connectivity index (χ0) is 19.6. The number of hydrogen-bond acceptors (Lipinski definition) is 6. The Hall–Kier alpha value is -1.83. The van der Waals surface area contributed by atoms with Crippen LogP contribution in [0.5, 0.6) is 17.2 Å². The fraction of sp³-hybridized carbons (Fsp3) is 0.636. The first-order valence-corrected chi connectivity index (χ1v) is 10.3. The highest BCUT2D eigenvalue weighted by atomic mass is 16.5. The van der Waals surface area contributed by atoms with E-state index in [0.29, 0.717) is 28.8 Å². The SMILES string of the molecule is C[N@+]1(CC2CC2)C(O)C[C@]23c4c5cc(O)c(O)c4O[C@H]2C(=O)CC[C@@]3(O)[C@H]1C5.[CH3-]. The molecule has 2 aliphatic heterocycles. The molecule has 1 spiro atoms. The Morgan fingerprint density at radius 3 is 2.72 bits per heavy atom. The molecule has 0 aromatic heterocycles. The summed E-state index contributed by atoms with van der Waals surface area (Å²) < 4.78 is 6.30. The molecule has 3 aliphatic carbocycles. The van der Waals surface area contributed by atoms with Crippen molar-refractivity contribution >= 4 is 5.78 Å². The highest BCUT2D eigenvalue weighted by Crippen LogP contribution is 2.67. The fourth-order valence-corrected chi connectivity index (χ4v) is 6.99. The number of aliphatic hydroxyl groups is 2. The molecule has 2 heterocycles. The number of likely N-dealkylation sites (tertiary alicyclic amines) is 1. The van der Waals surface area contributed by atoms with Crippen molar-refractivity contribution in [2.45, 2.75) is 67.9 Å². The standard InChI is InChI=1S/C21H25NO6.CH3/c1-22(9-10-2-3-10)14-7-11-6-13(24)17(26)18-16(11)20(8-15(22)25)19(28-18)12(23)4-5-21(14,20)27;/h6,10,14-15,19,25,27H,2-5,7-9H2,1H3,(H-,24,26);1H3/q;-1/p+1/t14-,15?,19+,20+,21-,22-;/m1./s1. The number of likely N-dealkylation sites (N-methyl/N-ethyl adjacent to an activating group) is 1. The lowest BCUT2D eigenvalue weighted by Crippen LogP contribution is -2.83. The molecule has 4 N–H and O–H groups in total. The summed E-state index contributed by atoms with van der Waals surface area (Å²) in [7, 11) is 2.02. The van der Waals surface area contributed by atoms with Gasteiger partial charge in [-0.25, -0.2) is 0 Å². The van der Waals surface area contributed by atoms with E-state index < -0.39 is 23.3 Å². The third-order valence-electron chi connectivity index (χ3n) is 8.47. The van der Waals surface area contributed by atoms with Gasteiger partial charge in [0.1, 0.15) is 11.6 Å². The summed E-state index contributed by atoms with van der Waals surface area (Å²) in [5.74, 6) is -0.0964. The van der Waals surface area contributed by atoms with Crippen molar-refractivity contribution in [2.75, 3.05) is 13.6 Å². The zero-order valence-corrected chi connectivity index (χ0v) is 16.9. The van der Waals surface area contributed by atoms with Crippen molar-refractivity contribution in [1.29, 1.82) is 0 Å². The van der Waals surface area contributed by atoms with Gasteiger partial charge in [-0.1, -0.05) is 0 Å². The monoisotopic (exact) mass is 403 g/mol. The molecule has 7 nitrogen and oxygen atoms in total. The summed E-state index contributed by atoms with van der Waals surface area (Å²) in [6.07, 6.45) is 1.88. The van der Waals surface area contributed by atoms with Crippen LogP contribution in [0.3, 0.4) is 0 Å². The molecule has 3 fully saturated rings. The van der Waals surface area contributed by atoms with Crippen LogP contribution in [0.2, 0.25) is 0 Å². The summed E-state index contributed by atoms with van der Waals surface area (Å²) in [5, 5.41) is 44.2. The van der Waals surface area contributed by atoms with Crippen molar-refractivity contribution < 1.29 is 34.4 Å². The highest BCUT2D eigenvalue weighted by Gasteiger charge is 2.78. The van der Waals surface area contributed by atoms with E-state index >= 15 is 0 Å². The molecule has 0 radical (unpaired) electrons. The molecule has 6 atom stereocenters. The first-order chi connectivity index (χ1) is 13.2. The average Bonchev–Trinajstić information content (AvgIpc) is 3.37. The summed E-state index contributed by atoms with van der Waals surface area (Å²) >= 11 is 0. The number of carbonyl (C=O) groups is 1. The number of Topliss-reactive ketones (excluding diaryl/α,β-unsaturated/α-hetero) is 1. The van der Waals surface area contributed by atoms with E-state index in [-0.39, 0.29) is 49.3 Å². The number of phenols is 2. The number of ketones is 1. The first-order valence-electron chi connectivity index (χ1n) is 10.3. The molecule has 29 heavy (non-hydrogen) atoms. The molecule has 158 valence electrons. The van der Waals surface area contributed by atoms with Gasteiger partial charge in [-0.3, -0.25) is 9.28 Å². The molecule has 1 unspecified atom stereocenters. The van der Waals surface area contributed by atoms with Crippen LogP contribution >= 0.6 is 0 Å². The first kappa shape index (κ1) is 19.2. The molecule has 2 saturated carbocycles. The third-order valence-corrected chi connectivity index (χ3v) is 8.47.